The summed E-state index contributed by atoms with van der Waals surface area (Å²) in [6, 6.07) is 17.3. The lowest BCUT2D eigenvalue weighted by atomic mass is 9.48. The van der Waals surface area contributed by atoms with E-state index < -0.39 is 17.8 Å². The van der Waals surface area contributed by atoms with Crippen LogP contribution in [0.5, 0.6) is 5.75 Å². The Labute approximate surface area is 264 Å². The Morgan fingerprint density at radius 2 is 1.42 bits per heavy atom. The Hall–Kier alpha value is -3.32. The molecule has 43 heavy (non-hydrogen) atoms. The van der Waals surface area contributed by atoms with Gasteiger partial charge in [-0.15, -0.1) is 0 Å². The van der Waals surface area contributed by atoms with Gasteiger partial charge in [0, 0.05) is 5.02 Å². The number of hydrogen-bond acceptors (Lipinski definition) is 4. The Morgan fingerprint density at radius 1 is 0.837 bits per heavy atom. The number of ether oxygens (including phenoxy) is 1. The van der Waals surface area contributed by atoms with Crippen molar-refractivity contribution in [3.63, 3.8) is 0 Å². The van der Waals surface area contributed by atoms with Crippen LogP contribution in [-0.2, 0) is 21.6 Å². The van der Waals surface area contributed by atoms with Crippen LogP contribution in [0.2, 0.25) is 15.1 Å². The molecule has 220 valence electrons. The number of halogens is 3. The summed E-state index contributed by atoms with van der Waals surface area (Å²) in [5, 5.41) is 3.34. The second-order valence-corrected chi connectivity index (χ2v) is 13.7. The van der Waals surface area contributed by atoms with Gasteiger partial charge in [-0.2, -0.15) is 0 Å². The first-order chi connectivity index (χ1) is 20.7. The minimum atomic E-state index is -0.785. The van der Waals surface area contributed by atoms with Gasteiger partial charge in [0.1, 0.15) is 12.2 Å². The van der Waals surface area contributed by atoms with E-state index in [1.54, 1.807) is 24.3 Å². The van der Waals surface area contributed by atoms with Crippen LogP contribution in [0.3, 0.4) is 0 Å². The number of urea groups is 1. The van der Waals surface area contributed by atoms with Crippen molar-refractivity contribution in [3.8, 4) is 5.75 Å². The third-order valence-electron chi connectivity index (χ3n) is 9.51. The summed E-state index contributed by atoms with van der Waals surface area (Å²) in [4.78, 5) is 40.2. The van der Waals surface area contributed by atoms with Gasteiger partial charge in [-0.1, -0.05) is 59.1 Å². The van der Waals surface area contributed by atoms with E-state index in [1.165, 1.54) is 50.2 Å². The number of carbonyl (C=O) groups excluding carboxylic acids is 3. The molecule has 0 atom stereocenters. The van der Waals surface area contributed by atoms with E-state index in [0.29, 0.717) is 16.3 Å². The molecule has 5 aliphatic rings. The third-order valence-corrected chi connectivity index (χ3v) is 10.3. The molecule has 4 amide bonds. The topological polar surface area (TPSA) is 75.7 Å². The maximum atomic E-state index is 13.6. The van der Waals surface area contributed by atoms with E-state index in [1.807, 2.05) is 24.3 Å². The van der Waals surface area contributed by atoms with E-state index in [2.05, 4.69) is 17.4 Å². The highest BCUT2D eigenvalue weighted by Gasteiger charge is 2.51. The SMILES string of the molecule is O=C1NC(=O)N(c2ccc(C34CC5CC(CC(C5)C3)C4)cc2)C(=O)/C1=C/c1cc(Cl)c(OCc2ccc(Cl)cc2)c(Cl)c1. The van der Waals surface area contributed by atoms with Crippen molar-refractivity contribution in [2.75, 3.05) is 4.90 Å². The lowest BCUT2D eigenvalue weighted by Crippen LogP contribution is -2.54. The summed E-state index contributed by atoms with van der Waals surface area (Å²) < 4.78 is 5.83. The molecule has 0 unspecified atom stereocenters. The molecule has 1 aliphatic heterocycles. The van der Waals surface area contributed by atoms with Crippen LogP contribution in [0, 0.1) is 17.8 Å². The molecule has 3 aromatic carbocycles. The first kappa shape index (κ1) is 28.5. The first-order valence-corrected chi connectivity index (χ1v) is 15.7. The smallest absolute Gasteiger partial charge is 0.335 e. The van der Waals surface area contributed by atoms with Crippen molar-refractivity contribution in [1.82, 2.24) is 5.32 Å². The summed E-state index contributed by atoms with van der Waals surface area (Å²) in [6.45, 7) is 0.219. The Kier molecular flexibility index (Phi) is 7.27. The lowest BCUT2D eigenvalue weighted by Gasteiger charge is -2.57. The summed E-state index contributed by atoms with van der Waals surface area (Å²) in [6.07, 6.45) is 9.12. The van der Waals surface area contributed by atoms with Crippen LogP contribution in [0.25, 0.3) is 6.08 Å². The fourth-order valence-corrected chi connectivity index (χ4v) is 8.76. The van der Waals surface area contributed by atoms with Gasteiger partial charge in [0.15, 0.2) is 5.75 Å². The molecule has 0 spiro atoms. The maximum Gasteiger partial charge on any atom is 0.335 e. The van der Waals surface area contributed by atoms with Gasteiger partial charge in [0.05, 0.1) is 15.7 Å². The Morgan fingerprint density at radius 3 is 2.00 bits per heavy atom. The molecular weight excluding hydrogens is 607 g/mol. The normalized spacial score (nSPS) is 27.1. The summed E-state index contributed by atoms with van der Waals surface area (Å²) in [7, 11) is 0. The number of nitrogens with zero attached hydrogens (tertiary/aromatic N) is 1. The highest BCUT2D eigenvalue weighted by atomic mass is 35.5. The highest BCUT2D eigenvalue weighted by molar-refractivity contribution is 6.40. The van der Waals surface area contributed by atoms with Crippen LogP contribution in [0.15, 0.2) is 66.2 Å². The van der Waals surface area contributed by atoms with Crippen molar-refractivity contribution in [1.29, 1.82) is 0 Å². The van der Waals surface area contributed by atoms with E-state index in [4.69, 9.17) is 39.5 Å². The Balaban J connectivity index is 1.11. The standard InChI is InChI=1S/C34H29Cl3N2O4/c35-25-5-1-19(2-6-25)18-43-30-28(36)13-20(14-29(30)37)12-27-31(40)38-33(42)39(32(27)41)26-7-3-24(4-8-26)34-15-21-9-22(16-34)11-23(10-21)17-34/h1-8,12-14,21-23H,9-11,15-18H2,(H,38,40,42)/b27-12+. The average Bonchev–Trinajstić information content (AvgIpc) is 2.95. The molecule has 3 aromatic rings. The molecule has 6 nitrogen and oxygen atoms in total. The van der Waals surface area contributed by atoms with Crippen molar-refractivity contribution >= 4 is 64.4 Å². The number of anilines is 1. The van der Waals surface area contributed by atoms with E-state index >= 15 is 0 Å². The number of rotatable bonds is 6. The van der Waals surface area contributed by atoms with Gasteiger partial charge >= 0.3 is 6.03 Å². The number of hydrogen-bond donors (Lipinski definition) is 1. The third kappa shape index (κ3) is 5.34. The minimum Gasteiger partial charge on any atom is -0.486 e. The number of imide groups is 2. The van der Waals surface area contributed by atoms with Gasteiger partial charge in [-0.05, 0) is 121 Å². The molecule has 0 aromatic heterocycles. The number of benzene rings is 3. The van der Waals surface area contributed by atoms with Gasteiger partial charge in [-0.3, -0.25) is 14.9 Å². The molecule has 1 saturated heterocycles. The summed E-state index contributed by atoms with van der Waals surface area (Å²) >= 11 is 18.9. The second kappa shape index (κ2) is 11.0. The number of barbiturate groups is 1. The molecular formula is C34H29Cl3N2O4. The fraction of sp³-hybridized carbons (Fsp3) is 0.324. The minimum absolute atomic E-state index is 0.200. The van der Waals surface area contributed by atoms with Gasteiger partial charge in [0.2, 0.25) is 0 Å². The summed E-state index contributed by atoms with van der Waals surface area (Å²) in [5.74, 6) is 1.20. The zero-order chi connectivity index (χ0) is 29.9. The molecule has 9 heteroatoms. The predicted octanol–water partition coefficient (Wildman–Crippen LogP) is 8.36. The van der Waals surface area contributed by atoms with Gasteiger partial charge in [0.25, 0.3) is 11.8 Å². The second-order valence-electron chi connectivity index (χ2n) is 12.4. The van der Waals surface area contributed by atoms with Crippen LogP contribution in [0.1, 0.15) is 55.2 Å². The Bertz CT molecular complexity index is 1610. The van der Waals surface area contributed by atoms with E-state index in [9.17, 15) is 14.4 Å². The quantitative estimate of drug-likeness (QED) is 0.218. The largest absolute Gasteiger partial charge is 0.486 e. The molecule has 5 fully saturated rings. The zero-order valence-corrected chi connectivity index (χ0v) is 25.5. The fourth-order valence-electron chi connectivity index (χ4n) is 8.02. The van der Waals surface area contributed by atoms with Crippen molar-refractivity contribution in [2.24, 2.45) is 17.8 Å². The van der Waals surface area contributed by atoms with E-state index in [-0.39, 0.29) is 33.4 Å². The van der Waals surface area contributed by atoms with Crippen molar-refractivity contribution in [3.05, 3.63) is 98.0 Å². The first-order valence-electron chi connectivity index (χ1n) is 14.6. The van der Waals surface area contributed by atoms with Crippen LogP contribution < -0.4 is 15.0 Å². The van der Waals surface area contributed by atoms with Gasteiger partial charge < -0.3 is 4.74 Å². The van der Waals surface area contributed by atoms with Crippen LogP contribution in [-0.4, -0.2) is 17.8 Å². The van der Waals surface area contributed by atoms with Crippen LogP contribution in [0.4, 0.5) is 10.5 Å². The molecule has 4 saturated carbocycles. The average molecular weight is 636 g/mol. The zero-order valence-electron chi connectivity index (χ0n) is 23.2. The number of amides is 4. The molecule has 4 aliphatic carbocycles. The molecule has 4 bridgehead atoms. The maximum absolute atomic E-state index is 13.6. The van der Waals surface area contributed by atoms with Crippen molar-refractivity contribution < 1.29 is 19.1 Å². The molecule has 8 rings (SSSR count). The van der Waals surface area contributed by atoms with E-state index in [0.717, 1.165) is 28.2 Å². The predicted molar refractivity (Wildman–Crippen MR) is 168 cm³/mol. The molecule has 1 N–H and O–H groups in total. The van der Waals surface area contributed by atoms with Gasteiger partial charge in [-0.25, -0.2) is 9.69 Å². The lowest BCUT2D eigenvalue weighted by molar-refractivity contribution is -0.122. The molecule has 1 heterocycles. The highest BCUT2D eigenvalue weighted by Crippen LogP contribution is 2.60. The summed E-state index contributed by atoms with van der Waals surface area (Å²) in [5.41, 5.74) is 2.99. The number of nitrogens with one attached hydrogen (secondary N) is 1. The molecule has 0 radical (unpaired) electrons. The van der Waals surface area contributed by atoms with Crippen molar-refractivity contribution in [2.45, 2.75) is 50.5 Å². The monoisotopic (exact) mass is 634 g/mol. The number of carbonyl (C=O) groups is 3. The van der Waals surface area contributed by atoms with Crippen LogP contribution >= 0.6 is 34.8 Å².